The van der Waals surface area contributed by atoms with Gasteiger partial charge in [-0.2, -0.15) is 0 Å². The molecule has 0 saturated heterocycles. The predicted molar refractivity (Wildman–Crippen MR) is 49.6 cm³/mol. The molecule has 0 unspecified atom stereocenters. The van der Waals surface area contributed by atoms with E-state index in [2.05, 4.69) is 4.74 Å². The summed E-state index contributed by atoms with van der Waals surface area (Å²) in [7, 11) is -2.27. The van der Waals surface area contributed by atoms with Gasteiger partial charge < -0.3 is 14.8 Å². The van der Waals surface area contributed by atoms with E-state index in [0.29, 0.717) is 6.07 Å². The van der Waals surface area contributed by atoms with Gasteiger partial charge in [0.25, 0.3) is 0 Å². The van der Waals surface area contributed by atoms with Crippen LogP contribution in [-0.4, -0.2) is 28.5 Å². The molecule has 0 aliphatic rings. The summed E-state index contributed by atoms with van der Waals surface area (Å²) in [5, 5.41) is 28.1. The summed E-state index contributed by atoms with van der Waals surface area (Å²) in [6.07, 6.45) is -5.11. The monoisotopic (exact) mass is 251 g/mol. The molecule has 0 aliphatic heterocycles. The first-order chi connectivity index (χ1) is 7.72. The van der Waals surface area contributed by atoms with Crippen molar-refractivity contribution in [2.75, 3.05) is 0 Å². The molecule has 0 bridgehead atoms. The van der Waals surface area contributed by atoms with Crippen LogP contribution in [0.2, 0.25) is 0 Å². The van der Waals surface area contributed by atoms with Gasteiger partial charge in [-0.15, -0.1) is 13.2 Å². The summed E-state index contributed by atoms with van der Waals surface area (Å²) in [6.45, 7) is 0. The van der Waals surface area contributed by atoms with E-state index in [9.17, 15) is 23.3 Å². The first-order valence-corrected chi connectivity index (χ1v) is 4.11. The Kier molecular flexibility index (Phi) is 3.58. The lowest BCUT2D eigenvalue weighted by molar-refractivity contribution is -0.387. The van der Waals surface area contributed by atoms with Gasteiger partial charge >= 0.3 is 19.2 Å². The van der Waals surface area contributed by atoms with Gasteiger partial charge in [0, 0.05) is 0 Å². The number of rotatable bonds is 3. The van der Waals surface area contributed by atoms with Gasteiger partial charge in [-0.05, 0) is 6.07 Å². The van der Waals surface area contributed by atoms with Crippen molar-refractivity contribution in [2.45, 2.75) is 6.36 Å². The maximum absolute atomic E-state index is 11.9. The number of nitro groups is 1. The molecule has 0 aliphatic carbocycles. The lowest BCUT2D eigenvalue weighted by Crippen LogP contribution is -2.32. The zero-order valence-electron chi connectivity index (χ0n) is 8.01. The third-order valence-corrected chi connectivity index (χ3v) is 1.72. The lowest BCUT2D eigenvalue weighted by Gasteiger charge is -2.10. The lowest BCUT2D eigenvalue weighted by atomic mass is 9.79. The normalized spacial score (nSPS) is 11.1. The molecule has 0 aromatic heterocycles. The fourth-order valence-electron chi connectivity index (χ4n) is 1.15. The third-order valence-electron chi connectivity index (χ3n) is 1.72. The molecular weight excluding hydrogens is 246 g/mol. The summed E-state index contributed by atoms with van der Waals surface area (Å²) >= 11 is 0. The maximum atomic E-state index is 11.9. The topological polar surface area (TPSA) is 92.8 Å². The molecule has 0 heterocycles. The first-order valence-electron chi connectivity index (χ1n) is 4.11. The van der Waals surface area contributed by atoms with E-state index < -0.39 is 35.3 Å². The Morgan fingerprint density at radius 2 is 1.94 bits per heavy atom. The molecule has 17 heavy (non-hydrogen) atoms. The van der Waals surface area contributed by atoms with Crippen molar-refractivity contribution >= 4 is 18.3 Å². The van der Waals surface area contributed by atoms with Crippen molar-refractivity contribution in [3.05, 3.63) is 28.3 Å². The second kappa shape index (κ2) is 4.59. The number of hydrogen-bond acceptors (Lipinski definition) is 5. The largest absolute Gasteiger partial charge is 0.573 e. The number of ether oxygens (including phenoxy) is 1. The Bertz CT molecular complexity index is 436. The Morgan fingerprint density at radius 1 is 1.35 bits per heavy atom. The van der Waals surface area contributed by atoms with Gasteiger partial charge in [0.15, 0.2) is 0 Å². The number of nitrogens with zero attached hydrogens (tertiary/aromatic N) is 1. The molecule has 10 heteroatoms. The minimum Gasteiger partial charge on any atom is -0.423 e. The number of para-hydroxylation sites is 1. The summed E-state index contributed by atoms with van der Waals surface area (Å²) < 4.78 is 39.3. The standard InChI is InChI=1S/C7H5BF3NO5/c9-7(10,11)17-5-3-1-2-4(8(13)14)6(5)12(15)16/h1-3,13-14H. The highest BCUT2D eigenvalue weighted by Gasteiger charge is 2.36. The highest BCUT2D eigenvalue weighted by molar-refractivity contribution is 6.60. The first kappa shape index (κ1) is 13.3. The Labute approximate surface area is 92.5 Å². The van der Waals surface area contributed by atoms with Crippen LogP contribution in [0.3, 0.4) is 0 Å². The molecule has 92 valence electrons. The van der Waals surface area contributed by atoms with Gasteiger partial charge in [0.05, 0.1) is 10.4 Å². The highest BCUT2D eigenvalue weighted by Crippen LogP contribution is 2.30. The second-order valence-electron chi connectivity index (χ2n) is 2.87. The van der Waals surface area contributed by atoms with Gasteiger partial charge in [-0.25, -0.2) is 0 Å². The quantitative estimate of drug-likeness (QED) is 0.453. The van der Waals surface area contributed by atoms with Crippen molar-refractivity contribution in [2.24, 2.45) is 0 Å². The van der Waals surface area contributed by atoms with Crippen LogP contribution >= 0.6 is 0 Å². The molecule has 0 radical (unpaired) electrons. The van der Waals surface area contributed by atoms with Crippen LogP contribution < -0.4 is 10.2 Å². The van der Waals surface area contributed by atoms with Gasteiger partial charge in [0.1, 0.15) is 0 Å². The summed E-state index contributed by atoms with van der Waals surface area (Å²) in [5.74, 6) is -1.10. The van der Waals surface area contributed by atoms with Crippen LogP contribution in [0.5, 0.6) is 5.75 Å². The second-order valence-corrected chi connectivity index (χ2v) is 2.87. The van der Waals surface area contributed by atoms with Crippen molar-refractivity contribution < 1.29 is 32.9 Å². The van der Waals surface area contributed by atoms with Crippen LogP contribution in [0.1, 0.15) is 0 Å². The number of hydrogen-bond donors (Lipinski definition) is 2. The van der Waals surface area contributed by atoms with Crippen LogP contribution in [0.15, 0.2) is 18.2 Å². The van der Waals surface area contributed by atoms with E-state index in [1.165, 1.54) is 0 Å². The van der Waals surface area contributed by atoms with Crippen molar-refractivity contribution in [1.82, 2.24) is 0 Å². The molecule has 0 saturated carbocycles. The van der Waals surface area contributed by atoms with Crippen LogP contribution in [-0.2, 0) is 0 Å². The molecule has 0 spiro atoms. The number of nitro benzene ring substituents is 1. The van der Waals surface area contributed by atoms with Crippen molar-refractivity contribution in [3.8, 4) is 5.75 Å². The molecule has 2 N–H and O–H groups in total. The molecular formula is C7H5BF3NO5. The average Bonchev–Trinajstić information content (AvgIpc) is 2.14. The third kappa shape index (κ3) is 3.33. The number of alkyl halides is 3. The van der Waals surface area contributed by atoms with E-state index in [0.717, 1.165) is 12.1 Å². The SMILES string of the molecule is O=[N+]([O-])c1c(OC(F)(F)F)cccc1B(O)O. The zero-order chi connectivity index (χ0) is 13.2. The van der Waals surface area contributed by atoms with Crippen LogP contribution in [0.4, 0.5) is 18.9 Å². The fraction of sp³-hybridized carbons (Fsp3) is 0.143. The Hall–Kier alpha value is -1.81. The number of halogens is 3. The minimum absolute atomic E-state index is 0.684. The van der Waals surface area contributed by atoms with Crippen molar-refractivity contribution in [1.29, 1.82) is 0 Å². The maximum Gasteiger partial charge on any atom is 0.573 e. The number of benzene rings is 1. The Morgan fingerprint density at radius 3 is 2.35 bits per heavy atom. The molecule has 0 fully saturated rings. The van der Waals surface area contributed by atoms with E-state index in [4.69, 9.17) is 10.0 Å². The highest BCUT2D eigenvalue weighted by atomic mass is 19.4. The Balaban J connectivity index is 3.30. The van der Waals surface area contributed by atoms with Gasteiger partial charge in [-0.1, -0.05) is 12.1 Å². The molecule has 1 rings (SSSR count). The summed E-state index contributed by atoms with van der Waals surface area (Å²) in [5.41, 5.74) is -1.82. The van der Waals surface area contributed by atoms with Gasteiger partial charge in [-0.3, -0.25) is 10.1 Å². The van der Waals surface area contributed by atoms with E-state index in [1.807, 2.05) is 0 Å². The molecule has 0 atom stereocenters. The molecule has 1 aromatic carbocycles. The van der Waals surface area contributed by atoms with E-state index >= 15 is 0 Å². The summed E-state index contributed by atoms with van der Waals surface area (Å²) in [4.78, 5) is 9.38. The summed E-state index contributed by atoms with van der Waals surface area (Å²) in [6, 6.07) is 2.59. The fourth-order valence-corrected chi connectivity index (χ4v) is 1.15. The average molecular weight is 251 g/mol. The van der Waals surface area contributed by atoms with Crippen molar-refractivity contribution in [3.63, 3.8) is 0 Å². The van der Waals surface area contributed by atoms with Crippen LogP contribution in [0, 0.1) is 10.1 Å². The van der Waals surface area contributed by atoms with Crippen LogP contribution in [0.25, 0.3) is 0 Å². The minimum atomic E-state index is -5.11. The van der Waals surface area contributed by atoms with E-state index in [-0.39, 0.29) is 0 Å². The molecule has 6 nitrogen and oxygen atoms in total. The van der Waals surface area contributed by atoms with Gasteiger partial charge in [0.2, 0.25) is 5.75 Å². The molecule has 0 amide bonds. The molecule has 1 aromatic rings. The smallest absolute Gasteiger partial charge is 0.423 e. The predicted octanol–water partition coefficient (Wildman–Crippen LogP) is 0.173. The van der Waals surface area contributed by atoms with E-state index in [1.54, 1.807) is 0 Å². The zero-order valence-corrected chi connectivity index (χ0v) is 8.01.